The van der Waals surface area contributed by atoms with Gasteiger partial charge in [0.1, 0.15) is 22.7 Å². The molecule has 1 amide bonds. The summed E-state index contributed by atoms with van der Waals surface area (Å²) in [4.78, 5) is 53.1. The van der Waals surface area contributed by atoms with Crippen molar-refractivity contribution in [1.29, 1.82) is 0 Å². The summed E-state index contributed by atoms with van der Waals surface area (Å²) in [6.07, 6.45) is 4.58. The van der Waals surface area contributed by atoms with Gasteiger partial charge >= 0.3 is 11.9 Å². The van der Waals surface area contributed by atoms with Crippen LogP contribution in [0, 0.1) is 12.8 Å². The van der Waals surface area contributed by atoms with Gasteiger partial charge in [0.05, 0.1) is 16.8 Å². The number of nitrogens with zero attached hydrogens (tertiary/aromatic N) is 4. The van der Waals surface area contributed by atoms with Crippen LogP contribution in [0.3, 0.4) is 0 Å². The number of nitrogens with one attached hydrogen (secondary N) is 1. The molecule has 58 heavy (non-hydrogen) atoms. The Labute approximate surface area is 344 Å². The number of carboxylic acid groups (broad SMARTS) is 1. The number of aromatic nitrogens is 2. The molecule has 2 aromatic heterocycles. The highest BCUT2D eigenvalue weighted by Crippen LogP contribution is 2.36. The molecule has 0 spiro atoms. The minimum Gasteiger partial charge on any atom is -0.493 e. The number of esters is 1. The van der Waals surface area contributed by atoms with Gasteiger partial charge in [-0.05, 0) is 151 Å². The van der Waals surface area contributed by atoms with Gasteiger partial charge in [-0.3, -0.25) is 19.8 Å². The number of hydrogen-bond donors (Lipinski definition) is 2. The number of piperidine rings is 1. The second-order valence-electron chi connectivity index (χ2n) is 16.8. The van der Waals surface area contributed by atoms with Gasteiger partial charge in [0.2, 0.25) is 0 Å². The molecule has 12 heteroatoms. The van der Waals surface area contributed by atoms with Gasteiger partial charge < -0.3 is 19.5 Å². The number of aliphatic carboxylic acids is 1. The van der Waals surface area contributed by atoms with Crippen molar-refractivity contribution in [3.8, 4) is 16.9 Å². The predicted molar refractivity (Wildman–Crippen MR) is 229 cm³/mol. The van der Waals surface area contributed by atoms with Crippen LogP contribution in [-0.4, -0.2) is 75.2 Å². The third-order valence-electron chi connectivity index (χ3n) is 11.3. The van der Waals surface area contributed by atoms with Gasteiger partial charge in [-0.1, -0.05) is 47.7 Å². The number of ether oxygens (including phenoxy) is 2. The molecule has 5 aromatic rings. The summed E-state index contributed by atoms with van der Waals surface area (Å²) in [7, 11) is 0. The Balaban J connectivity index is 1.07. The third kappa shape index (κ3) is 9.03. The van der Waals surface area contributed by atoms with Gasteiger partial charge in [-0.25, -0.2) is 14.8 Å². The highest BCUT2D eigenvalue weighted by atomic mass is 32.1. The number of likely N-dealkylation sites (tertiary alicyclic amines) is 1. The number of para-hydroxylation sites is 1. The SMILES string of the molecule is Cc1c(OCCCC2CCN(C(C)(C)C(=O)O)CC2)cccc1-c1ccc(N2CCc3cccc(C(=O)Nc4nc5ccccc5s4)c3C2)nc1C(=O)OC(C)(C)C. The van der Waals surface area contributed by atoms with Crippen molar-refractivity contribution in [3.63, 3.8) is 0 Å². The molecular weight excluding hydrogens is 751 g/mol. The maximum Gasteiger partial charge on any atom is 0.358 e. The van der Waals surface area contributed by atoms with E-state index in [0.29, 0.717) is 54.1 Å². The Hall–Kier alpha value is -5.33. The molecule has 3 aromatic carbocycles. The first-order valence-corrected chi connectivity index (χ1v) is 21.0. The molecule has 11 nitrogen and oxygen atoms in total. The molecule has 1 saturated heterocycles. The molecular formula is C46H53N5O6S. The second-order valence-corrected chi connectivity index (χ2v) is 17.9. The number of amides is 1. The molecule has 7 rings (SSSR count). The minimum absolute atomic E-state index is 0.212. The highest BCUT2D eigenvalue weighted by molar-refractivity contribution is 7.22. The Kier molecular flexibility index (Phi) is 11.9. The number of carbonyl (C=O) groups excluding carboxylic acids is 2. The number of hydrogen-bond acceptors (Lipinski definition) is 10. The highest BCUT2D eigenvalue weighted by Gasteiger charge is 2.36. The zero-order valence-electron chi connectivity index (χ0n) is 34.3. The van der Waals surface area contributed by atoms with Crippen LogP contribution in [0.4, 0.5) is 10.9 Å². The van der Waals surface area contributed by atoms with Crippen molar-refractivity contribution < 1.29 is 29.0 Å². The molecule has 0 saturated carbocycles. The van der Waals surface area contributed by atoms with E-state index in [4.69, 9.17) is 14.5 Å². The fraction of sp³-hybridized carbons (Fsp3) is 0.413. The van der Waals surface area contributed by atoms with Crippen LogP contribution < -0.4 is 15.0 Å². The smallest absolute Gasteiger partial charge is 0.358 e. The van der Waals surface area contributed by atoms with Crippen LogP contribution in [0.5, 0.6) is 5.75 Å². The maximum atomic E-state index is 13.9. The summed E-state index contributed by atoms with van der Waals surface area (Å²) in [6.45, 7) is 14.3. The minimum atomic E-state index is -0.849. The summed E-state index contributed by atoms with van der Waals surface area (Å²) >= 11 is 1.45. The largest absolute Gasteiger partial charge is 0.493 e. The molecule has 0 aliphatic carbocycles. The van der Waals surface area contributed by atoms with E-state index in [-0.39, 0.29) is 11.6 Å². The quantitative estimate of drug-likeness (QED) is 0.0929. The van der Waals surface area contributed by atoms with Crippen molar-refractivity contribution in [2.24, 2.45) is 5.92 Å². The first-order chi connectivity index (χ1) is 27.7. The van der Waals surface area contributed by atoms with E-state index in [9.17, 15) is 19.5 Å². The summed E-state index contributed by atoms with van der Waals surface area (Å²) < 4.78 is 13.3. The number of thiazole rings is 1. The van der Waals surface area contributed by atoms with E-state index in [0.717, 1.165) is 77.0 Å². The van der Waals surface area contributed by atoms with Crippen LogP contribution in [0.2, 0.25) is 0 Å². The third-order valence-corrected chi connectivity index (χ3v) is 12.3. The number of pyridine rings is 1. The Morgan fingerprint density at radius 2 is 1.66 bits per heavy atom. The molecule has 1 fully saturated rings. The van der Waals surface area contributed by atoms with Crippen LogP contribution >= 0.6 is 11.3 Å². The van der Waals surface area contributed by atoms with Gasteiger partial charge in [0.15, 0.2) is 10.8 Å². The number of carboxylic acids is 1. The molecule has 0 unspecified atom stereocenters. The molecule has 0 radical (unpaired) electrons. The molecule has 2 aliphatic heterocycles. The lowest BCUT2D eigenvalue weighted by Gasteiger charge is -2.40. The van der Waals surface area contributed by atoms with Crippen molar-refractivity contribution in [1.82, 2.24) is 14.9 Å². The molecule has 4 heterocycles. The zero-order valence-corrected chi connectivity index (χ0v) is 35.1. The van der Waals surface area contributed by atoms with Crippen LogP contribution in [-0.2, 0) is 22.5 Å². The fourth-order valence-electron chi connectivity index (χ4n) is 7.94. The lowest BCUT2D eigenvalue weighted by atomic mass is 9.89. The average molecular weight is 804 g/mol. The van der Waals surface area contributed by atoms with Crippen molar-refractivity contribution >= 4 is 50.3 Å². The lowest BCUT2D eigenvalue weighted by molar-refractivity contribution is -0.150. The number of benzene rings is 3. The molecule has 2 aliphatic rings. The normalized spacial score (nSPS) is 15.2. The summed E-state index contributed by atoms with van der Waals surface area (Å²) in [5, 5.41) is 13.2. The zero-order chi connectivity index (χ0) is 41.2. The standard InChI is InChI=1S/C46H53N5O6S/c1-29-32(14-10-17-37(29)56-27-11-12-30-21-25-51(26-22-30)46(5,6)43(54)55)33-19-20-39(48-40(33)42(53)57-45(2,3)4)50-24-23-31-13-9-15-34(35(31)28-50)41(52)49-44-47-36-16-7-8-18-38(36)58-44/h7-10,13-20,30H,11-12,21-28H2,1-6H3,(H,54,55)(H,47,49,52). The monoisotopic (exact) mass is 803 g/mol. The van der Waals surface area contributed by atoms with E-state index in [1.54, 1.807) is 13.8 Å². The first-order valence-electron chi connectivity index (χ1n) is 20.2. The number of carbonyl (C=O) groups is 3. The van der Waals surface area contributed by atoms with Gasteiger partial charge in [-0.2, -0.15) is 0 Å². The van der Waals surface area contributed by atoms with Crippen LogP contribution in [0.15, 0.2) is 72.8 Å². The molecule has 0 atom stereocenters. The van der Waals surface area contributed by atoms with E-state index in [1.165, 1.54) is 11.3 Å². The topological polar surface area (TPSA) is 134 Å². The molecule has 2 N–H and O–H groups in total. The molecule has 304 valence electrons. The Bertz CT molecular complexity index is 2290. The number of fused-ring (bicyclic) bond motifs is 2. The maximum absolute atomic E-state index is 13.9. The molecule has 0 bridgehead atoms. The Morgan fingerprint density at radius 1 is 0.897 bits per heavy atom. The van der Waals surface area contributed by atoms with Crippen LogP contribution in [0.1, 0.15) is 97.8 Å². The van der Waals surface area contributed by atoms with Crippen LogP contribution in [0.25, 0.3) is 21.3 Å². The Morgan fingerprint density at radius 3 is 2.40 bits per heavy atom. The lowest BCUT2D eigenvalue weighted by Crippen LogP contribution is -2.53. The average Bonchev–Trinajstić information content (AvgIpc) is 3.61. The summed E-state index contributed by atoms with van der Waals surface area (Å²) in [5.74, 6) is 0.406. The predicted octanol–water partition coefficient (Wildman–Crippen LogP) is 9.17. The number of rotatable bonds is 12. The summed E-state index contributed by atoms with van der Waals surface area (Å²) in [6, 6.07) is 23.4. The van der Waals surface area contributed by atoms with Crippen molar-refractivity contribution in [3.05, 3.63) is 101 Å². The number of anilines is 2. The van der Waals surface area contributed by atoms with Crippen molar-refractivity contribution in [2.75, 3.05) is 36.5 Å². The van der Waals surface area contributed by atoms with Gasteiger partial charge in [0.25, 0.3) is 5.91 Å². The fourth-order valence-corrected chi connectivity index (χ4v) is 8.80. The van der Waals surface area contributed by atoms with E-state index in [2.05, 4.69) is 26.2 Å². The van der Waals surface area contributed by atoms with E-state index < -0.39 is 23.1 Å². The van der Waals surface area contributed by atoms with Gasteiger partial charge in [0, 0.05) is 24.2 Å². The van der Waals surface area contributed by atoms with E-state index >= 15 is 0 Å². The van der Waals surface area contributed by atoms with E-state index in [1.807, 2.05) is 94.4 Å². The summed E-state index contributed by atoms with van der Waals surface area (Å²) in [5.41, 5.74) is 4.50. The second kappa shape index (κ2) is 16.9. The van der Waals surface area contributed by atoms with Crippen molar-refractivity contribution in [2.45, 2.75) is 91.3 Å². The first kappa shape index (κ1) is 40.9. The van der Waals surface area contributed by atoms with Gasteiger partial charge in [-0.15, -0.1) is 0 Å².